The predicted molar refractivity (Wildman–Crippen MR) is 67.9 cm³/mol. The minimum Gasteiger partial charge on any atom is -0.328 e. The maximum atomic E-state index is 12.0. The summed E-state index contributed by atoms with van der Waals surface area (Å²) in [6.07, 6.45) is 2.83. The number of rotatable bonds is 3. The van der Waals surface area contributed by atoms with Crippen LogP contribution in [-0.4, -0.2) is 44.5 Å². The van der Waals surface area contributed by atoms with Crippen LogP contribution in [0.15, 0.2) is 28.0 Å². The number of sulfonamides is 1. The van der Waals surface area contributed by atoms with Crippen LogP contribution in [0.4, 0.5) is 0 Å². The van der Waals surface area contributed by atoms with Crippen molar-refractivity contribution >= 4 is 10.0 Å². The third-order valence-corrected chi connectivity index (χ3v) is 4.62. The van der Waals surface area contributed by atoms with Gasteiger partial charge in [0.15, 0.2) is 0 Å². The summed E-state index contributed by atoms with van der Waals surface area (Å²) in [6, 6.07) is 2.50. The zero-order valence-electron chi connectivity index (χ0n) is 10.2. The van der Waals surface area contributed by atoms with Crippen LogP contribution in [0.1, 0.15) is 12.8 Å². The van der Waals surface area contributed by atoms with E-state index in [0.29, 0.717) is 0 Å². The molecular weight excluding hydrogens is 254 g/mol. The lowest BCUT2D eigenvalue weighted by molar-refractivity contribution is 0.248. The number of aromatic amines is 1. The van der Waals surface area contributed by atoms with E-state index in [-0.39, 0.29) is 16.5 Å². The van der Waals surface area contributed by atoms with Crippen LogP contribution in [0.2, 0.25) is 0 Å². The number of aromatic nitrogens is 1. The molecule has 0 amide bonds. The van der Waals surface area contributed by atoms with E-state index >= 15 is 0 Å². The first kappa shape index (κ1) is 13.3. The number of piperidine rings is 1. The second-order valence-electron chi connectivity index (χ2n) is 4.59. The molecule has 0 radical (unpaired) electrons. The first-order chi connectivity index (χ1) is 8.47. The molecule has 6 nitrogen and oxygen atoms in total. The van der Waals surface area contributed by atoms with Gasteiger partial charge >= 0.3 is 0 Å². The Kier molecular flexibility index (Phi) is 3.84. The molecule has 0 spiro atoms. The van der Waals surface area contributed by atoms with Crippen molar-refractivity contribution in [2.45, 2.75) is 23.8 Å². The Balaban J connectivity index is 2.08. The maximum absolute atomic E-state index is 12.0. The van der Waals surface area contributed by atoms with E-state index in [0.717, 1.165) is 25.9 Å². The number of pyridine rings is 1. The van der Waals surface area contributed by atoms with Crippen LogP contribution in [0.3, 0.4) is 0 Å². The van der Waals surface area contributed by atoms with Crippen LogP contribution in [-0.2, 0) is 10.0 Å². The van der Waals surface area contributed by atoms with Crippen LogP contribution < -0.4 is 10.3 Å². The molecule has 2 rings (SSSR count). The van der Waals surface area contributed by atoms with Gasteiger partial charge < -0.3 is 9.88 Å². The van der Waals surface area contributed by atoms with Crippen molar-refractivity contribution in [2.24, 2.45) is 0 Å². The maximum Gasteiger partial charge on any atom is 0.247 e. The standard InChI is InChI=1S/C11H17N3O3S/c1-14-6-4-9(5-7-14)13-18(16,17)10-2-3-11(15)12-8-10/h2-3,8-9,13H,4-7H2,1H3,(H,12,15). The van der Waals surface area contributed by atoms with Gasteiger partial charge in [-0.25, -0.2) is 13.1 Å². The van der Waals surface area contributed by atoms with Crippen LogP contribution in [0, 0.1) is 0 Å². The Hall–Kier alpha value is -1.18. The monoisotopic (exact) mass is 271 g/mol. The van der Waals surface area contributed by atoms with E-state index in [1.807, 2.05) is 7.05 Å². The van der Waals surface area contributed by atoms with Gasteiger partial charge in [0.05, 0.1) is 4.90 Å². The minimum absolute atomic E-state index is 0.0295. The summed E-state index contributed by atoms with van der Waals surface area (Å²) in [5.74, 6) is 0. The fourth-order valence-corrected chi connectivity index (χ4v) is 3.25. The minimum atomic E-state index is -3.53. The van der Waals surface area contributed by atoms with Crippen LogP contribution >= 0.6 is 0 Å². The Morgan fingerprint density at radius 3 is 2.56 bits per heavy atom. The van der Waals surface area contributed by atoms with Gasteiger partial charge in [-0.2, -0.15) is 0 Å². The summed E-state index contributed by atoms with van der Waals surface area (Å²) in [5, 5.41) is 0. The summed E-state index contributed by atoms with van der Waals surface area (Å²) in [6.45, 7) is 1.78. The number of hydrogen-bond donors (Lipinski definition) is 2. The van der Waals surface area contributed by atoms with Crippen LogP contribution in [0.25, 0.3) is 0 Å². The van der Waals surface area contributed by atoms with E-state index in [1.165, 1.54) is 18.3 Å². The second-order valence-corrected chi connectivity index (χ2v) is 6.30. The highest BCUT2D eigenvalue weighted by atomic mass is 32.2. The summed E-state index contributed by atoms with van der Waals surface area (Å²) in [7, 11) is -1.51. The smallest absolute Gasteiger partial charge is 0.247 e. The molecule has 18 heavy (non-hydrogen) atoms. The summed E-state index contributed by atoms with van der Waals surface area (Å²) < 4.78 is 26.8. The number of H-pyrrole nitrogens is 1. The van der Waals surface area contributed by atoms with E-state index in [4.69, 9.17) is 0 Å². The van der Waals surface area contributed by atoms with Crippen molar-refractivity contribution in [3.8, 4) is 0 Å². The van der Waals surface area contributed by atoms with E-state index < -0.39 is 10.0 Å². The molecule has 0 unspecified atom stereocenters. The topological polar surface area (TPSA) is 82.3 Å². The molecule has 100 valence electrons. The molecule has 1 fully saturated rings. The fourth-order valence-electron chi connectivity index (χ4n) is 1.98. The van der Waals surface area contributed by atoms with Gasteiger partial charge in [-0.3, -0.25) is 4.79 Å². The van der Waals surface area contributed by atoms with Crippen molar-refractivity contribution in [1.29, 1.82) is 0 Å². The molecule has 2 heterocycles. The molecule has 0 aliphatic carbocycles. The Bertz CT molecular complexity index is 539. The van der Waals surface area contributed by atoms with Crippen LogP contribution in [0.5, 0.6) is 0 Å². The molecule has 1 aliphatic rings. The van der Waals surface area contributed by atoms with Gasteiger partial charge in [-0.15, -0.1) is 0 Å². The van der Waals surface area contributed by atoms with Gasteiger partial charge in [-0.05, 0) is 39.0 Å². The zero-order valence-corrected chi connectivity index (χ0v) is 11.0. The Labute approximate surface area is 106 Å². The third kappa shape index (κ3) is 3.18. The number of nitrogens with one attached hydrogen (secondary N) is 2. The molecule has 0 atom stereocenters. The molecule has 7 heteroatoms. The first-order valence-electron chi connectivity index (χ1n) is 5.87. The second kappa shape index (κ2) is 5.21. The molecule has 1 aromatic heterocycles. The van der Waals surface area contributed by atoms with Gasteiger partial charge in [0, 0.05) is 18.3 Å². The Morgan fingerprint density at radius 1 is 1.33 bits per heavy atom. The average Bonchev–Trinajstić information content (AvgIpc) is 2.32. The van der Waals surface area contributed by atoms with E-state index in [2.05, 4.69) is 14.6 Å². The lowest BCUT2D eigenvalue weighted by Gasteiger charge is -2.29. The molecule has 1 aliphatic heterocycles. The molecule has 0 saturated carbocycles. The van der Waals surface area contributed by atoms with Crippen molar-refractivity contribution < 1.29 is 8.42 Å². The summed E-state index contributed by atoms with van der Waals surface area (Å²) in [5.41, 5.74) is -0.312. The largest absolute Gasteiger partial charge is 0.328 e. The van der Waals surface area contributed by atoms with Crippen molar-refractivity contribution in [3.05, 3.63) is 28.7 Å². The molecule has 2 N–H and O–H groups in total. The average molecular weight is 271 g/mol. The van der Waals surface area contributed by atoms with Crippen molar-refractivity contribution in [2.75, 3.05) is 20.1 Å². The quantitative estimate of drug-likeness (QED) is 0.794. The molecule has 0 aromatic carbocycles. The lowest BCUT2D eigenvalue weighted by Crippen LogP contribution is -2.43. The summed E-state index contributed by atoms with van der Waals surface area (Å²) >= 11 is 0. The highest BCUT2D eigenvalue weighted by Gasteiger charge is 2.23. The zero-order chi connectivity index (χ0) is 13.2. The van der Waals surface area contributed by atoms with Gasteiger partial charge in [0.1, 0.15) is 0 Å². The number of likely N-dealkylation sites (tertiary alicyclic amines) is 1. The molecule has 1 saturated heterocycles. The normalized spacial score (nSPS) is 18.9. The van der Waals surface area contributed by atoms with Gasteiger partial charge in [-0.1, -0.05) is 0 Å². The van der Waals surface area contributed by atoms with Crippen molar-refractivity contribution in [1.82, 2.24) is 14.6 Å². The first-order valence-corrected chi connectivity index (χ1v) is 7.35. The number of hydrogen-bond acceptors (Lipinski definition) is 4. The number of nitrogens with zero attached hydrogens (tertiary/aromatic N) is 1. The molecular formula is C11H17N3O3S. The molecule has 1 aromatic rings. The van der Waals surface area contributed by atoms with Crippen molar-refractivity contribution in [3.63, 3.8) is 0 Å². The predicted octanol–water partition coefficient (Wildman–Crippen LogP) is -0.253. The van der Waals surface area contributed by atoms with Gasteiger partial charge in [0.25, 0.3) is 0 Å². The lowest BCUT2D eigenvalue weighted by atomic mass is 10.1. The highest BCUT2D eigenvalue weighted by Crippen LogP contribution is 2.12. The third-order valence-electron chi connectivity index (χ3n) is 3.11. The SMILES string of the molecule is CN1CCC(NS(=O)(=O)c2ccc(=O)[nH]c2)CC1. The van der Waals surface area contributed by atoms with E-state index in [9.17, 15) is 13.2 Å². The fraction of sp³-hybridized carbons (Fsp3) is 0.545. The highest BCUT2D eigenvalue weighted by molar-refractivity contribution is 7.89. The summed E-state index contributed by atoms with van der Waals surface area (Å²) in [4.78, 5) is 15.5. The van der Waals surface area contributed by atoms with E-state index in [1.54, 1.807) is 0 Å². The molecule has 0 bridgehead atoms. The van der Waals surface area contributed by atoms with Gasteiger partial charge in [0.2, 0.25) is 15.6 Å². The Morgan fingerprint density at radius 2 is 2.00 bits per heavy atom.